The fourth-order valence-corrected chi connectivity index (χ4v) is 5.19. The van der Waals surface area contributed by atoms with Crippen molar-refractivity contribution >= 4 is 17.6 Å². The van der Waals surface area contributed by atoms with Crippen molar-refractivity contribution in [3.63, 3.8) is 0 Å². The van der Waals surface area contributed by atoms with E-state index >= 15 is 0 Å². The Morgan fingerprint density at radius 2 is 1.60 bits per heavy atom. The van der Waals surface area contributed by atoms with Crippen LogP contribution in [0.2, 0.25) is 0 Å². The number of rotatable bonds is 7. The van der Waals surface area contributed by atoms with Crippen LogP contribution in [-0.2, 0) is 11.8 Å². The summed E-state index contributed by atoms with van der Waals surface area (Å²) < 4.78 is 26.8. The van der Waals surface area contributed by atoms with Crippen molar-refractivity contribution in [3.8, 4) is 11.1 Å². The topological polar surface area (TPSA) is 114 Å². The van der Waals surface area contributed by atoms with E-state index in [1.807, 2.05) is 36.7 Å². The van der Waals surface area contributed by atoms with Gasteiger partial charge >= 0.3 is 0 Å². The van der Waals surface area contributed by atoms with E-state index in [9.17, 15) is 18.4 Å². The Labute approximate surface area is 231 Å². The van der Waals surface area contributed by atoms with Gasteiger partial charge in [0.1, 0.15) is 17.4 Å². The number of likely N-dealkylation sites (tertiary alicyclic amines) is 1. The summed E-state index contributed by atoms with van der Waals surface area (Å²) in [6, 6.07) is 10.9. The maximum atomic E-state index is 13.4. The van der Waals surface area contributed by atoms with Crippen LogP contribution in [-0.4, -0.2) is 56.5 Å². The lowest BCUT2D eigenvalue weighted by molar-refractivity contribution is -0.0495. The van der Waals surface area contributed by atoms with Crippen LogP contribution in [0.1, 0.15) is 77.7 Å². The van der Waals surface area contributed by atoms with E-state index in [0.717, 1.165) is 54.6 Å². The van der Waals surface area contributed by atoms with Crippen LogP contribution >= 0.6 is 0 Å². The molecule has 2 amide bonds. The highest BCUT2D eigenvalue weighted by atomic mass is 19.3. The van der Waals surface area contributed by atoms with Gasteiger partial charge in [-0.3, -0.25) is 14.6 Å². The minimum absolute atomic E-state index is 0.0307. The summed E-state index contributed by atoms with van der Waals surface area (Å²) in [6.07, 6.45) is 8.59. The predicted molar refractivity (Wildman–Crippen MR) is 147 cm³/mol. The number of halogens is 2. The first-order valence-electron chi connectivity index (χ1n) is 13.6. The Balaban J connectivity index is 1.28. The van der Waals surface area contributed by atoms with Gasteiger partial charge in [-0.05, 0) is 42.5 Å². The summed E-state index contributed by atoms with van der Waals surface area (Å²) in [5, 5.41) is 0. The summed E-state index contributed by atoms with van der Waals surface area (Å²) in [5.74, 6) is -2.64. The van der Waals surface area contributed by atoms with E-state index in [2.05, 4.69) is 26.9 Å². The molecule has 208 valence electrons. The van der Waals surface area contributed by atoms with Crippen molar-refractivity contribution < 1.29 is 18.4 Å². The number of carbonyl (C=O) groups excluding carboxylic acids is 2. The highest BCUT2D eigenvalue weighted by Gasteiger charge is 2.43. The molecule has 2 aliphatic rings. The van der Waals surface area contributed by atoms with Gasteiger partial charge in [0.05, 0.1) is 11.0 Å². The molecule has 5 rings (SSSR count). The first kappa shape index (κ1) is 27.5. The zero-order valence-electron chi connectivity index (χ0n) is 22.4. The molecule has 1 saturated carbocycles. The van der Waals surface area contributed by atoms with E-state index in [-0.39, 0.29) is 43.0 Å². The van der Waals surface area contributed by atoms with Gasteiger partial charge < -0.3 is 10.6 Å². The Morgan fingerprint density at radius 1 is 0.925 bits per heavy atom. The molecule has 1 saturated heterocycles. The number of nitrogens with two attached hydrogens (primary N) is 1. The number of hydrogen-bond donors (Lipinski definition) is 1. The second-order valence-corrected chi connectivity index (χ2v) is 10.5. The summed E-state index contributed by atoms with van der Waals surface area (Å²) in [4.78, 5) is 44.1. The zero-order chi connectivity index (χ0) is 28.3. The molecule has 0 unspecified atom stereocenters. The largest absolute Gasteiger partial charge is 0.386 e. The Hall–Kier alpha value is -4.08. The van der Waals surface area contributed by atoms with Gasteiger partial charge in [0.2, 0.25) is 0 Å². The van der Waals surface area contributed by atoms with Gasteiger partial charge in [-0.15, -0.1) is 0 Å². The molecule has 8 nitrogen and oxygen atoms in total. The first-order valence-corrected chi connectivity index (χ1v) is 13.6. The average Bonchev–Trinajstić information content (AvgIpc) is 2.93. The fourth-order valence-electron chi connectivity index (χ4n) is 5.19. The monoisotopic (exact) mass is 546 g/mol. The first-order chi connectivity index (χ1) is 19.2. The number of pyridine rings is 1. The molecule has 0 atom stereocenters. The van der Waals surface area contributed by atoms with Gasteiger partial charge in [-0.1, -0.05) is 37.6 Å². The molecular weight excluding hydrogens is 514 g/mol. The minimum Gasteiger partial charge on any atom is -0.386 e. The normalized spacial score (nSPS) is 18.2. The third-order valence-electron chi connectivity index (χ3n) is 7.88. The summed E-state index contributed by atoms with van der Waals surface area (Å²) in [6.45, 7) is 2.03. The molecule has 3 heterocycles. The molecule has 1 aliphatic heterocycles. The van der Waals surface area contributed by atoms with Crippen molar-refractivity contribution in [2.75, 3.05) is 13.1 Å². The van der Waals surface area contributed by atoms with Gasteiger partial charge in [-0.25, -0.2) is 18.7 Å². The lowest BCUT2D eigenvalue weighted by Gasteiger charge is -2.41. The van der Waals surface area contributed by atoms with Gasteiger partial charge in [-0.2, -0.15) is 4.99 Å². The maximum absolute atomic E-state index is 13.4. The highest BCUT2D eigenvalue weighted by Crippen LogP contribution is 2.44. The second-order valence-electron chi connectivity index (χ2n) is 10.5. The number of alkyl halides is 2. The minimum atomic E-state index is -2.74. The van der Waals surface area contributed by atoms with Crippen LogP contribution < -0.4 is 5.73 Å². The van der Waals surface area contributed by atoms with E-state index in [0.29, 0.717) is 0 Å². The van der Waals surface area contributed by atoms with Crippen LogP contribution in [0.4, 0.5) is 8.78 Å². The lowest BCUT2D eigenvalue weighted by Crippen LogP contribution is -2.47. The Bertz CT molecular complexity index is 1390. The number of hydrogen-bond acceptors (Lipinski definition) is 5. The quantitative estimate of drug-likeness (QED) is 0.330. The van der Waals surface area contributed by atoms with E-state index < -0.39 is 23.2 Å². The van der Waals surface area contributed by atoms with E-state index in [4.69, 9.17) is 5.73 Å². The zero-order valence-corrected chi connectivity index (χ0v) is 22.4. The predicted octanol–water partition coefficient (Wildman–Crippen LogP) is 4.98. The van der Waals surface area contributed by atoms with Gasteiger partial charge in [0, 0.05) is 56.5 Å². The smallest absolute Gasteiger partial charge is 0.280 e. The SMILES string of the molecule is CCCc1ncc(-c2ccc(C3(C(N)=NC(=O)c4ccc(C(=O)N5CCC(F)(F)CC5)nc4)CCC3)cc2)cn1. The van der Waals surface area contributed by atoms with E-state index in [1.54, 1.807) is 0 Å². The third-order valence-corrected chi connectivity index (χ3v) is 7.88. The van der Waals surface area contributed by atoms with E-state index in [1.165, 1.54) is 23.2 Å². The summed E-state index contributed by atoms with van der Waals surface area (Å²) >= 11 is 0. The molecule has 1 aromatic carbocycles. The number of piperidine rings is 1. The molecule has 10 heteroatoms. The molecule has 3 aromatic rings. The average molecular weight is 547 g/mol. The molecule has 1 aliphatic carbocycles. The summed E-state index contributed by atoms with van der Waals surface area (Å²) in [5.41, 5.74) is 9.13. The summed E-state index contributed by atoms with van der Waals surface area (Å²) in [7, 11) is 0. The number of aromatic nitrogens is 3. The Kier molecular flexibility index (Phi) is 7.69. The van der Waals surface area contributed by atoms with Crippen LogP contribution in [0.25, 0.3) is 11.1 Å². The van der Waals surface area contributed by atoms with Crippen LogP contribution in [0.5, 0.6) is 0 Å². The number of carbonyl (C=O) groups is 2. The number of amides is 2. The number of aliphatic imine (C=N–C) groups is 1. The molecule has 2 aromatic heterocycles. The second kappa shape index (κ2) is 11.2. The molecule has 0 spiro atoms. The van der Waals surface area contributed by atoms with Crippen molar-refractivity contribution in [2.45, 2.75) is 63.2 Å². The molecule has 0 bridgehead atoms. The standard InChI is InChI=1S/C30H32F2N6O2/c1-2-4-25-35-18-22(19-36-25)20-5-8-23(9-6-20)29(11-3-12-29)28(33)37-26(39)21-7-10-24(34-17-21)27(40)38-15-13-30(31,32)14-16-38/h5-10,17-19H,2-4,11-16H2,1H3,(H2,33,37,39). The van der Waals surface area contributed by atoms with Crippen molar-refractivity contribution in [2.24, 2.45) is 10.7 Å². The number of aryl methyl sites for hydroxylation is 1. The molecular formula is C30H32F2N6O2. The molecule has 2 fully saturated rings. The number of amidine groups is 1. The molecule has 2 N–H and O–H groups in total. The van der Waals surface area contributed by atoms with Crippen LogP contribution in [0, 0.1) is 0 Å². The van der Waals surface area contributed by atoms with Crippen molar-refractivity contribution in [1.82, 2.24) is 19.9 Å². The number of benzene rings is 1. The van der Waals surface area contributed by atoms with Gasteiger partial charge in [0.15, 0.2) is 0 Å². The third kappa shape index (κ3) is 5.61. The van der Waals surface area contributed by atoms with Crippen molar-refractivity contribution in [3.05, 3.63) is 77.6 Å². The van der Waals surface area contributed by atoms with Gasteiger partial charge in [0.25, 0.3) is 17.7 Å². The van der Waals surface area contributed by atoms with Crippen molar-refractivity contribution in [1.29, 1.82) is 0 Å². The fraction of sp³-hybridized carbons (Fsp3) is 0.400. The number of nitrogens with zero attached hydrogens (tertiary/aromatic N) is 5. The molecule has 40 heavy (non-hydrogen) atoms. The lowest BCUT2D eigenvalue weighted by atomic mass is 9.63. The van der Waals surface area contributed by atoms with Crippen LogP contribution in [0.3, 0.4) is 0 Å². The van der Waals surface area contributed by atoms with Crippen LogP contribution in [0.15, 0.2) is 60.0 Å². The molecule has 0 radical (unpaired) electrons. The Morgan fingerprint density at radius 3 is 2.15 bits per heavy atom. The maximum Gasteiger partial charge on any atom is 0.280 e. The highest BCUT2D eigenvalue weighted by molar-refractivity contribution is 6.06.